The molecule has 0 spiro atoms. The molecular formula is C53H42N2O2. The van der Waals surface area contributed by atoms with Gasteiger partial charge in [0.25, 0.3) is 0 Å². The van der Waals surface area contributed by atoms with Crippen molar-refractivity contribution in [3.05, 3.63) is 204 Å². The first-order chi connectivity index (χ1) is 27.9. The third-order valence-corrected chi connectivity index (χ3v) is 11.9. The van der Waals surface area contributed by atoms with Crippen molar-refractivity contribution < 1.29 is 10.2 Å². The van der Waals surface area contributed by atoms with E-state index in [0.29, 0.717) is 0 Å². The van der Waals surface area contributed by atoms with Gasteiger partial charge < -0.3 is 19.7 Å². The summed E-state index contributed by atoms with van der Waals surface area (Å²) in [5.74, 6) is 0. The van der Waals surface area contributed by atoms with Gasteiger partial charge in [-0.1, -0.05) is 129 Å². The summed E-state index contributed by atoms with van der Waals surface area (Å²) < 4.78 is 2.31. The molecule has 1 aromatic heterocycles. The van der Waals surface area contributed by atoms with Crippen molar-refractivity contribution in [1.29, 1.82) is 0 Å². The number of aromatic nitrogens is 1. The van der Waals surface area contributed by atoms with Gasteiger partial charge in [-0.2, -0.15) is 0 Å². The second-order valence-electron chi connectivity index (χ2n) is 15.6. The Bertz CT molecular complexity index is 2920. The van der Waals surface area contributed by atoms with Gasteiger partial charge in [0.05, 0.1) is 24.2 Å². The molecule has 0 bridgehead atoms. The number of anilines is 3. The molecule has 276 valence electrons. The Morgan fingerprint density at radius 1 is 0.439 bits per heavy atom. The third-order valence-electron chi connectivity index (χ3n) is 11.9. The molecule has 0 radical (unpaired) electrons. The molecule has 1 aliphatic rings. The first-order valence-corrected chi connectivity index (χ1v) is 19.6. The molecule has 0 fully saturated rings. The van der Waals surface area contributed by atoms with Crippen LogP contribution in [-0.2, 0) is 18.6 Å². The van der Waals surface area contributed by atoms with Gasteiger partial charge in [-0.05, 0) is 122 Å². The van der Waals surface area contributed by atoms with Crippen LogP contribution in [0, 0.1) is 0 Å². The largest absolute Gasteiger partial charge is 0.392 e. The first-order valence-electron chi connectivity index (χ1n) is 19.6. The highest BCUT2D eigenvalue weighted by Crippen LogP contribution is 2.51. The SMILES string of the molecule is CC1(C)c2cc(CO)ccc2-c2ccc(N(c3ccc(-c4ccccc4)cc3)c3ccc(-c4ccc5c(c4)c4ccccc4n5-c4ccc(CO)cc4)cc3)cc21. The monoisotopic (exact) mass is 738 g/mol. The number of aliphatic hydroxyl groups is 2. The van der Waals surface area contributed by atoms with Gasteiger partial charge in [-0.25, -0.2) is 0 Å². The lowest BCUT2D eigenvalue weighted by atomic mass is 9.82. The number of para-hydroxylation sites is 1. The van der Waals surface area contributed by atoms with Crippen LogP contribution in [0.15, 0.2) is 182 Å². The van der Waals surface area contributed by atoms with Crippen molar-refractivity contribution >= 4 is 38.9 Å². The standard InChI is InChI=1S/C53H42N2O2/c1-53(2)49-30-36(34-57)14-27-45(49)46-28-26-44(32-50(46)53)54(41-22-15-38(16-23-41)37-8-4-3-5-9-37)42-24-17-39(18-25-42)40-19-29-52-48(31-40)47-10-6-7-11-51(47)55(52)43-20-12-35(33-56)13-21-43/h3-32,56-57H,33-34H2,1-2H3. The Hall–Kier alpha value is -6.72. The van der Waals surface area contributed by atoms with E-state index in [0.717, 1.165) is 56.0 Å². The lowest BCUT2D eigenvalue weighted by molar-refractivity contribution is 0.281. The average Bonchev–Trinajstić information content (AvgIpc) is 3.72. The Labute approximate surface area is 333 Å². The highest BCUT2D eigenvalue weighted by molar-refractivity contribution is 6.10. The number of rotatable bonds is 8. The lowest BCUT2D eigenvalue weighted by Gasteiger charge is -2.28. The molecule has 0 unspecified atom stereocenters. The summed E-state index contributed by atoms with van der Waals surface area (Å²) in [6.45, 7) is 4.64. The van der Waals surface area contributed by atoms with Gasteiger partial charge in [-0.3, -0.25) is 0 Å². The van der Waals surface area contributed by atoms with E-state index in [1.807, 2.05) is 18.2 Å². The molecule has 1 heterocycles. The molecule has 8 aromatic carbocycles. The number of nitrogens with zero attached hydrogens (tertiary/aromatic N) is 2. The molecular weight excluding hydrogens is 697 g/mol. The van der Waals surface area contributed by atoms with Crippen LogP contribution in [0.2, 0.25) is 0 Å². The van der Waals surface area contributed by atoms with Crippen LogP contribution in [0.3, 0.4) is 0 Å². The summed E-state index contributed by atoms with van der Waals surface area (Å²) in [5.41, 5.74) is 17.9. The number of benzene rings is 8. The number of hydrogen-bond acceptors (Lipinski definition) is 3. The van der Waals surface area contributed by atoms with Crippen LogP contribution >= 0.6 is 0 Å². The Morgan fingerprint density at radius 3 is 1.65 bits per heavy atom. The average molecular weight is 739 g/mol. The van der Waals surface area contributed by atoms with Crippen LogP contribution in [0.4, 0.5) is 17.1 Å². The van der Waals surface area contributed by atoms with E-state index >= 15 is 0 Å². The highest BCUT2D eigenvalue weighted by atomic mass is 16.3. The summed E-state index contributed by atoms with van der Waals surface area (Å²) in [6, 6.07) is 65.0. The summed E-state index contributed by atoms with van der Waals surface area (Å²) in [4.78, 5) is 2.36. The van der Waals surface area contributed by atoms with Crippen LogP contribution in [-0.4, -0.2) is 14.8 Å². The fourth-order valence-corrected chi connectivity index (χ4v) is 8.87. The molecule has 57 heavy (non-hydrogen) atoms. The van der Waals surface area contributed by atoms with Gasteiger partial charge in [0.2, 0.25) is 0 Å². The maximum atomic E-state index is 9.94. The molecule has 0 atom stereocenters. The number of hydrogen-bond donors (Lipinski definition) is 2. The lowest BCUT2D eigenvalue weighted by Crippen LogP contribution is -2.17. The van der Waals surface area contributed by atoms with Crippen LogP contribution in [0.25, 0.3) is 60.9 Å². The van der Waals surface area contributed by atoms with E-state index in [2.05, 4.69) is 187 Å². The summed E-state index contributed by atoms with van der Waals surface area (Å²) in [5, 5.41) is 22.0. The van der Waals surface area contributed by atoms with Gasteiger partial charge in [0.1, 0.15) is 0 Å². The molecule has 9 aromatic rings. The minimum absolute atomic E-state index is 0.0288. The maximum absolute atomic E-state index is 9.94. The quantitative estimate of drug-likeness (QED) is 0.163. The smallest absolute Gasteiger partial charge is 0.0681 e. The van der Waals surface area contributed by atoms with Crippen molar-refractivity contribution in [3.63, 3.8) is 0 Å². The van der Waals surface area contributed by atoms with E-state index in [1.165, 1.54) is 44.2 Å². The zero-order valence-corrected chi connectivity index (χ0v) is 32.0. The molecule has 2 N–H and O–H groups in total. The van der Waals surface area contributed by atoms with Gasteiger partial charge >= 0.3 is 0 Å². The predicted octanol–water partition coefficient (Wildman–Crippen LogP) is 12.9. The topological polar surface area (TPSA) is 48.6 Å². The summed E-state index contributed by atoms with van der Waals surface area (Å²) >= 11 is 0. The molecule has 4 nitrogen and oxygen atoms in total. The van der Waals surface area contributed by atoms with E-state index in [-0.39, 0.29) is 18.6 Å². The first kappa shape index (κ1) is 34.7. The van der Waals surface area contributed by atoms with Crippen LogP contribution in [0.1, 0.15) is 36.1 Å². The van der Waals surface area contributed by atoms with Crippen molar-refractivity contribution in [2.45, 2.75) is 32.5 Å². The molecule has 0 saturated carbocycles. The van der Waals surface area contributed by atoms with Crippen molar-refractivity contribution in [1.82, 2.24) is 4.57 Å². The Balaban J connectivity index is 1.06. The predicted molar refractivity (Wildman–Crippen MR) is 236 cm³/mol. The molecule has 0 amide bonds. The van der Waals surface area contributed by atoms with Crippen molar-refractivity contribution in [3.8, 4) is 39.1 Å². The summed E-state index contributed by atoms with van der Waals surface area (Å²) in [6.07, 6.45) is 0. The molecule has 0 aliphatic heterocycles. The fraction of sp³-hybridized carbons (Fsp3) is 0.0943. The van der Waals surface area contributed by atoms with E-state index in [4.69, 9.17) is 0 Å². The molecule has 0 saturated heterocycles. The second kappa shape index (κ2) is 13.8. The van der Waals surface area contributed by atoms with E-state index < -0.39 is 0 Å². The molecule has 1 aliphatic carbocycles. The van der Waals surface area contributed by atoms with Gasteiger partial charge in [0, 0.05) is 38.9 Å². The number of aliphatic hydroxyl groups excluding tert-OH is 2. The maximum Gasteiger partial charge on any atom is 0.0681 e. The van der Waals surface area contributed by atoms with Gasteiger partial charge in [-0.15, -0.1) is 0 Å². The van der Waals surface area contributed by atoms with Gasteiger partial charge in [0.15, 0.2) is 0 Å². The zero-order valence-electron chi connectivity index (χ0n) is 32.0. The highest BCUT2D eigenvalue weighted by Gasteiger charge is 2.36. The van der Waals surface area contributed by atoms with Crippen molar-refractivity contribution in [2.75, 3.05) is 4.90 Å². The minimum atomic E-state index is -0.219. The number of fused-ring (bicyclic) bond motifs is 6. The fourth-order valence-electron chi connectivity index (χ4n) is 8.87. The normalized spacial score (nSPS) is 12.8. The zero-order chi connectivity index (χ0) is 38.7. The van der Waals surface area contributed by atoms with Crippen LogP contribution < -0.4 is 4.90 Å². The van der Waals surface area contributed by atoms with Crippen LogP contribution in [0.5, 0.6) is 0 Å². The molecule has 10 rings (SSSR count). The third kappa shape index (κ3) is 5.85. The van der Waals surface area contributed by atoms with Crippen molar-refractivity contribution in [2.24, 2.45) is 0 Å². The van der Waals surface area contributed by atoms with E-state index in [9.17, 15) is 10.2 Å². The van der Waals surface area contributed by atoms with E-state index in [1.54, 1.807) is 0 Å². The second-order valence-corrected chi connectivity index (χ2v) is 15.6. The summed E-state index contributed by atoms with van der Waals surface area (Å²) in [7, 11) is 0. The minimum Gasteiger partial charge on any atom is -0.392 e. The Morgan fingerprint density at radius 2 is 0.965 bits per heavy atom. The Kier molecular flexibility index (Phi) is 8.40. The molecule has 4 heteroatoms.